The van der Waals surface area contributed by atoms with Crippen molar-refractivity contribution in [3.05, 3.63) is 59.2 Å². The molecule has 0 spiro atoms. The normalized spacial score (nSPS) is 17.1. The summed E-state index contributed by atoms with van der Waals surface area (Å²) in [6.45, 7) is 7.25. The third-order valence-electron chi connectivity index (χ3n) is 4.86. The number of hydrogen-bond donors (Lipinski definition) is 0. The summed E-state index contributed by atoms with van der Waals surface area (Å²) in [6.07, 6.45) is 0. The number of hydrogen-bond acceptors (Lipinski definition) is 4. The van der Waals surface area contributed by atoms with E-state index in [1.807, 2.05) is 35.2 Å². The van der Waals surface area contributed by atoms with Crippen molar-refractivity contribution < 1.29 is 14.3 Å². The minimum Gasteiger partial charge on any atom is -0.497 e. The summed E-state index contributed by atoms with van der Waals surface area (Å²) >= 11 is 1.76. The summed E-state index contributed by atoms with van der Waals surface area (Å²) in [7, 11) is 3.28. The molecule has 0 aliphatic carbocycles. The van der Waals surface area contributed by atoms with E-state index >= 15 is 0 Å². The van der Waals surface area contributed by atoms with Gasteiger partial charge in [-0.15, -0.1) is 11.8 Å². The van der Waals surface area contributed by atoms with E-state index in [0.29, 0.717) is 0 Å². The van der Waals surface area contributed by atoms with E-state index in [-0.39, 0.29) is 16.7 Å². The van der Waals surface area contributed by atoms with Crippen molar-refractivity contribution in [3.8, 4) is 11.5 Å². The van der Waals surface area contributed by atoms with E-state index in [9.17, 15) is 4.79 Å². The van der Waals surface area contributed by atoms with Crippen LogP contribution >= 0.6 is 11.8 Å². The highest BCUT2D eigenvalue weighted by atomic mass is 32.2. The molecule has 1 aliphatic rings. The van der Waals surface area contributed by atoms with Crippen molar-refractivity contribution in [1.82, 2.24) is 4.90 Å². The van der Waals surface area contributed by atoms with Crippen LogP contribution in [0, 0.1) is 0 Å². The molecule has 3 rings (SSSR count). The minimum atomic E-state index is -0.0550. The zero-order valence-corrected chi connectivity index (χ0v) is 17.4. The van der Waals surface area contributed by atoms with Crippen LogP contribution in [0.25, 0.3) is 0 Å². The van der Waals surface area contributed by atoms with Gasteiger partial charge in [0.2, 0.25) is 0 Å². The second kappa shape index (κ2) is 7.85. The zero-order valence-electron chi connectivity index (χ0n) is 16.6. The van der Waals surface area contributed by atoms with Crippen LogP contribution in [0.5, 0.6) is 11.5 Å². The lowest BCUT2D eigenvalue weighted by atomic mass is 9.86. The molecule has 0 radical (unpaired) electrons. The standard InChI is InChI=1S/C22H27NO3S/c1-22(2,3)16-8-6-15(7-9-16)20(24)23-12-13-27-21(23)18-11-10-17(25-4)14-19(18)26-5/h6-11,14,21H,12-13H2,1-5H3/t21-/m1/s1. The first-order valence-corrected chi connectivity index (χ1v) is 10.1. The lowest BCUT2D eigenvalue weighted by Crippen LogP contribution is -2.30. The maximum Gasteiger partial charge on any atom is 0.255 e. The average Bonchev–Trinajstić information content (AvgIpc) is 3.15. The van der Waals surface area contributed by atoms with E-state index in [0.717, 1.165) is 34.9 Å². The Labute approximate surface area is 165 Å². The molecule has 144 valence electrons. The van der Waals surface area contributed by atoms with Gasteiger partial charge < -0.3 is 14.4 Å². The summed E-state index contributed by atoms with van der Waals surface area (Å²) in [5.74, 6) is 2.46. The fourth-order valence-corrected chi connectivity index (χ4v) is 4.52. The third kappa shape index (κ3) is 4.08. The summed E-state index contributed by atoms with van der Waals surface area (Å²) < 4.78 is 10.8. The van der Waals surface area contributed by atoms with E-state index in [1.165, 1.54) is 5.56 Å². The molecule has 2 aromatic rings. The molecule has 1 amide bonds. The van der Waals surface area contributed by atoms with Crippen LogP contribution in [0.3, 0.4) is 0 Å². The summed E-state index contributed by atoms with van der Waals surface area (Å²) in [6, 6.07) is 13.8. The maximum atomic E-state index is 13.2. The van der Waals surface area contributed by atoms with E-state index in [1.54, 1.807) is 26.0 Å². The summed E-state index contributed by atoms with van der Waals surface area (Å²) in [5.41, 5.74) is 3.02. The number of nitrogens with zero attached hydrogens (tertiary/aromatic N) is 1. The van der Waals surface area contributed by atoms with Crippen molar-refractivity contribution in [2.45, 2.75) is 31.6 Å². The monoisotopic (exact) mass is 385 g/mol. The second-order valence-corrected chi connectivity index (χ2v) is 8.85. The van der Waals surface area contributed by atoms with Crippen molar-refractivity contribution >= 4 is 17.7 Å². The van der Waals surface area contributed by atoms with Gasteiger partial charge >= 0.3 is 0 Å². The van der Waals surface area contributed by atoms with Crippen LogP contribution in [-0.2, 0) is 5.41 Å². The third-order valence-corrected chi connectivity index (χ3v) is 6.10. The SMILES string of the molecule is COc1ccc([C@H]2SCCN2C(=O)c2ccc(C(C)(C)C)cc2)c(OC)c1. The van der Waals surface area contributed by atoms with Gasteiger partial charge in [0.25, 0.3) is 5.91 Å². The van der Waals surface area contributed by atoms with Crippen LogP contribution in [0.2, 0.25) is 0 Å². The van der Waals surface area contributed by atoms with Gasteiger partial charge in [-0.1, -0.05) is 32.9 Å². The lowest BCUT2D eigenvalue weighted by Gasteiger charge is -2.26. The predicted molar refractivity (Wildman–Crippen MR) is 111 cm³/mol. The maximum absolute atomic E-state index is 13.2. The van der Waals surface area contributed by atoms with Gasteiger partial charge in [-0.2, -0.15) is 0 Å². The molecule has 27 heavy (non-hydrogen) atoms. The largest absolute Gasteiger partial charge is 0.497 e. The Morgan fingerprint density at radius 2 is 1.78 bits per heavy atom. The van der Waals surface area contributed by atoms with Crippen LogP contribution in [0.4, 0.5) is 0 Å². The van der Waals surface area contributed by atoms with E-state index in [2.05, 4.69) is 32.9 Å². The topological polar surface area (TPSA) is 38.8 Å². The molecule has 0 bridgehead atoms. The van der Waals surface area contributed by atoms with Crippen LogP contribution < -0.4 is 9.47 Å². The molecule has 1 fully saturated rings. The van der Waals surface area contributed by atoms with Gasteiger partial charge in [-0.3, -0.25) is 4.79 Å². The molecule has 1 aliphatic heterocycles. The lowest BCUT2D eigenvalue weighted by molar-refractivity contribution is 0.0759. The smallest absolute Gasteiger partial charge is 0.255 e. The molecule has 0 aromatic heterocycles. The van der Waals surface area contributed by atoms with Crippen molar-refractivity contribution in [3.63, 3.8) is 0 Å². The first kappa shape index (κ1) is 19.6. The van der Waals surface area contributed by atoms with Crippen molar-refractivity contribution in [1.29, 1.82) is 0 Å². The highest BCUT2D eigenvalue weighted by molar-refractivity contribution is 7.99. The Kier molecular flexibility index (Phi) is 5.70. The van der Waals surface area contributed by atoms with Crippen LogP contribution in [0.1, 0.15) is 47.6 Å². The first-order valence-electron chi connectivity index (χ1n) is 9.10. The molecule has 4 nitrogen and oxygen atoms in total. The number of carbonyl (C=O) groups excluding carboxylic acids is 1. The molecular weight excluding hydrogens is 358 g/mol. The molecule has 0 saturated carbocycles. The highest BCUT2D eigenvalue weighted by Gasteiger charge is 2.33. The number of benzene rings is 2. The number of rotatable bonds is 4. The van der Waals surface area contributed by atoms with E-state index < -0.39 is 0 Å². The number of ether oxygens (including phenoxy) is 2. The van der Waals surface area contributed by atoms with E-state index in [4.69, 9.17) is 9.47 Å². The number of carbonyl (C=O) groups is 1. The Morgan fingerprint density at radius 3 is 2.37 bits per heavy atom. The number of methoxy groups -OCH3 is 2. The first-order chi connectivity index (χ1) is 12.8. The fourth-order valence-electron chi connectivity index (χ4n) is 3.24. The molecule has 0 N–H and O–H groups in total. The fraction of sp³-hybridized carbons (Fsp3) is 0.409. The molecular formula is C22H27NO3S. The predicted octanol–water partition coefficient (Wildman–Crippen LogP) is 4.89. The summed E-state index contributed by atoms with van der Waals surface area (Å²) in [4.78, 5) is 15.1. The minimum absolute atomic E-state index is 0.0550. The van der Waals surface area contributed by atoms with Gasteiger partial charge in [-0.05, 0) is 35.2 Å². The molecule has 2 aromatic carbocycles. The van der Waals surface area contributed by atoms with Crippen molar-refractivity contribution in [2.24, 2.45) is 0 Å². The van der Waals surface area contributed by atoms with Gasteiger partial charge in [0.15, 0.2) is 0 Å². The van der Waals surface area contributed by atoms with Crippen LogP contribution in [0.15, 0.2) is 42.5 Å². The van der Waals surface area contributed by atoms with Crippen LogP contribution in [-0.4, -0.2) is 37.3 Å². The number of thioether (sulfide) groups is 1. The Bertz CT molecular complexity index is 811. The molecule has 5 heteroatoms. The van der Waals surface area contributed by atoms with Gasteiger partial charge in [0, 0.05) is 29.5 Å². The van der Waals surface area contributed by atoms with Gasteiger partial charge in [-0.25, -0.2) is 0 Å². The molecule has 1 heterocycles. The molecule has 1 atom stereocenters. The molecule has 0 unspecified atom stereocenters. The Hall–Kier alpha value is -2.14. The van der Waals surface area contributed by atoms with Crippen molar-refractivity contribution in [2.75, 3.05) is 26.5 Å². The summed E-state index contributed by atoms with van der Waals surface area (Å²) in [5, 5.41) is -0.0550. The number of amides is 1. The Morgan fingerprint density at radius 1 is 1.07 bits per heavy atom. The quantitative estimate of drug-likeness (QED) is 0.751. The zero-order chi connectivity index (χ0) is 19.6. The van der Waals surface area contributed by atoms with Gasteiger partial charge in [0.1, 0.15) is 16.9 Å². The average molecular weight is 386 g/mol. The Balaban J connectivity index is 1.87. The second-order valence-electron chi connectivity index (χ2n) is 7.66. The highest BCUT2D eigenvalue weighted by Crippen LogP contribution is 2.43. The molecule has 1 saturated heterocycles. The van der Waals surface area contributed by atoms with Gasteiger partial charge in [0.05, 0.1) is 14.2 Å².